The molecule has 0 saturated heterocycles. The van der Waals surface area contributed by atoms with Gasteiger partial charge in [0.25, 0.3) is 0 Å². The Balaban J connectivity index is 3.49. The Labute approximate surface area is 138 Å². The summed E-state index contributed by atoms with van der Waals surface area (Å²) in [5, 5.41) is -1.22. The van der Waals surface area contributed by atoms with Crippen molar-refractivity contribution in [3.05, 3.63) is 27.7 Å². The predicted molar refractivity (Wildman–Crippen MR) is 77.5 cm³/mol. The Bertz CT molecular complexity index is 568. The van der Waals surface area contributed by atoms with E-state index in [2.05, 4.69) is 4.99 Å². The molecule has 130 valence electrons. The van der Waals surface area contributed by atoms with Gasteiger partial charge in [-0.3, -0.25) is 0 Å². The van der Waals surface area contributed by atoms with E-state index in [1.807, 2.05) is 0 Å². The van der Waals surface area contributed by atoms with E-state index < -0.39 is 39.5 Å². The molecule has 1 aromatic rings. The van der Waals surface area contributed by atoms with Crippen molar-refractivity contribution < 1.29 is 26.3 Å². The molecular formula is C13H12Cl2F6N2. The molecule has 0 atom stereocenters. The first-order valence-electron chi connectivity index (χ1n) is 6.38. The molecule has 0 aliphatic rings. The molecule has 0 aromatic heterocycles. The molecule has 0 unspecified atom stereocenters. The van der Waals surface area contributed by atoms with Crippen LogP contribution >= 0.6 is 23.2 Å². The van der Waals surface area contributed by atoms with E-state index in [-0.39, 0.29) is 13.1 Å². The van der Waals surface area contributed by atoms with Crippen LogP contribution in [-0.2, 0) is 6.18 Å². The molecule has 2 nitrogen and oxygen atoms in total. The molecule has 0 bridgehead atoms. The lowest BCUT2D eigenvalue weighted by Gasteiger charge is -2.24. The summed E-state index contributed by atoms with van der Waals surface area (Å²) in [7, 11) is 0. The van der Waals surface area contributed by atoms with E-state index in [1.54, 1.807) is 0 Å². The molecule has 0 aliphatic heterocycles. The fraction of sp³-hybridized carbons (Fsp3) is 0.462. The fourth-order valence-electron chi connectivity index (χ4n) is 1.78. The number of hydrogen-bond acceptors (Lipinski definition) is 1. The Morgan fingerprint density at radius 1 is 1.00 bits per heavy atom. The Morgan fingerprint density at radius 2 is 1.43 bits per heavy atom. The fourth-order valence-corrected chi connectivity index (χ4v) is 2.35. The van der Waals surface area contributed by atoms with E-state index in [1.165, 1.54) is 13.8 Å². The second-order valence-electron chi connectivity index (χ2n) is 4.39. The summed E-state index contributed by atoms with van der Waals surface area (Å²) in [6.45, 7) is 2.98. The van der Waals surface area contributed by atoms with Gasteiger partial charge in [-0.05, 0) is 26.0 Å². The van der Waals surface area contributed by atoms with Crippen molar-refractivity contribution in [2.45, 2.75) is 26.2 Å². The maximum Gasteiger partial charge on any atom is 0.449 e. The van der Waals surface area contributed by atoms with Crippen molar-refractivity contribution >= 4 is 34.7 Å². The molecule has 0 fully saturated rings. The summed E-state index contributed by atoms with van der Waals surface area (Å²) in [5.41, 5.74) is -1.72. The molecule has 0 N–H and O–H groups in total. The van der Waals surface area contributed by atoms with Crippen molar-refractivity contribution in [1.29, 1.82) is 0 Å². The molecule has 0 amide bonds. The van der Waals surface area contributed by atoms with Gasteiger partial charge in [0.15, 0.2) is 0 Å². The minimum Gasteiger partial charge on any atom is -0.353 e. The average Bonchev–Trinajstić information content (AvgIpc) is 2.39. The third kappa shape index (κ3) is 4.91. The van der Waals surface area contributed by atoms with Crippen molar-refractivity contribution in [2.24, 2.45) is 4.99 Å². The van der Waals surface area contributed by atoms with Crippen LogP contribution < -0.4 is 0 Å². The van der Waals surface area contributed by atoms with Gasteiger partial charge in [0.1, 0.15) is 5.69 Å². The highest BCUT2D eigenvalue weighted by molar-refractivity contribution is 6.39. The molecule has 1 rings (SSSR count). The standard InChI is InChI=1S/C13H12Cl2F6N2/c1-3-23(4-2)11(13(19,20)21)22-10-8(14)5-7(6-9(10)15)12(16,17)18/h5-6H,3-4H2,1-2H3. The van der Waals surface area contributed by atoms with Crippen molar-refractivity contribution in [3.8, 4) is 0 Å². The van der Waals surface area contributed by atoms with Crippen molar-refractivity contribution in [1.82, 2.24) is 4.90 Å². The van der Waals surface area contributed by atoms with Gasteiger partial charge in [-0.2, -0.15) is 26.3 Å². The zero-order valence-electron chi connectivity index (χ0n) is 12.0. The Hall–Kier alpha value is -1.15. The average molecular weight is 381 g/mol. The highest BCUT2D eigenvalue weighted by atomic mass is 35.5. The molecule has 0 heterocycles. The number of hydrogen-bond donors (Lipinski definition) is 0. The van der Waals surface area contributed by atoms with Crippen LogP contribution in [0.25, 0.3) is 0 Å². The first kappa shape index (κ1) is 19.9. The van der Waals surface area contributed by atoms with Crippen molar-refractivity contribution in [2.75, 3.05) is 13.1 Å². The van der Waals surface area contributed by atoms with Gasteiger partial charge in [-0.1, -0.05) is 23.2 Å². The molecule has 1 aromatic carbocycles. The SMILES string of the molecule is CCN(CC)C(=Nc1c(Cl)cc(C(F)(F)F)cc1Cl)C(F)(F)F. The maximum absolute atomic E-state index is 13.1. The lowest BCUT2D eigenvalue weighted by molar-refractivity contribution is -0.137. The largest absolute Gasteiger partial charge is 0.449 e. The molecular weight excluding hydrogens is 369 g/mol. The van der Waals surface area contributed by atoms with Crippen LogP contribution in [0.2, 0.25) is 10.0 Å². The second-order valence-corrected chi connectivity index (χ2v) is 5.21. The Kier molecular flexibility index (Phi) is 6.20. The lowest BCUT2D eigenvalue weighted by atomic mass is 10.2. The number of halogens is 8. The summed E-state index contributed by atoms with van der Waals surface area (Å²) < 4.78 is 77.3. The zero-order chi connectivity index (χ0) is 18.0. The van der Waals surface area contributed by atoms with Crippen LogP contribution in [0.4, 0.5) is 32.0 Å². The second kappa shape index (κ2) is 7.17. The van der Waals surface area contributed by atoms with Gasteiger partial charge in [0.2, 0.25) is 5.84 Å². The summed E-state index contributed by atoms with van der Waals surface area (Å²) >= 11 is 11.3. The lowest BCUT2D eigenvalue weighted by Crippen LogP contribution is -2.41. The van der Waals surface area contributed by atoms with Gasteiger partial charge < -0.3 is 4.90 Å². The monoisotopic (exact) mass is 380 g/mol. The molecule has 23 heavy (non-hydrogen) atoms. The smallest absolute Gasteiger partial charge is 0.353 e. The highest BCUT2D eigenvalue weighted by Gasteiger charge is 2.39. The van der Waals surface area contributed by atoms with Gasteiger partial charge in [-0.25, -0.2) is 4.99 Å². The Morgan fingerprint density at radius 3 is 1.74 bits per heavy atom. The normalized spacial score (nSPS) is 13.4. The van der Waals surface area contributed by atoms with Crippen LogP contribution in [0.5, 0.6) is 0 Å². The predicted octanol–water partition coefficient (Wildman–Crippen LogP) is 5.95. The number of aliphatic imine (C=N–C) groups is 1. The van der Waals surface area contributed by atoms with E-state index in [0.717, 1.165) is 4.90 Å². The number of amidine groups is 1. The third-order valence-electron chi connectivity index (χ3n) is 2.88. The zero-order valence-corrected chi connectivity index (χ0v) is 13.5. The number of nitrogens with zero attached hydrogens (tertiary/aromatic N) is 2. The third-order valence-corrected chi connectivity index (χ3v) is 3.45. The van der Waals surface area contributed by atoms with Crippen LogP contribution in [0.15, 0.2) is 17.1 Å². The summed E-state index contributed by atoms with van der Waals surface area (Å²) in [6.07, 6.45) is -9.53. The minimum absolute atomic E-state index is 0.00468. The van der Waals surface area contributed by atoms with Crippen LogP contribution in [0.1, 0.15) is 19.4 Å². The first-order valence-corrected chi connectivity index (χ1v) is 7.14. The van der Waals surface area contributed by atoms with Gasteiger partial charge in [-0.15, -0.1) is 0 Å². The van der Waals surface area contributed by atoms with Gasteiger partial charge >= 0.3 is 12.4 Å². The molecule has 0 aliphatic carbocycles. The van der Waals surface area contributed by atoms with Gasteiger partial charge in [0, 0.05) is 13.1 Å². The van der Waals surface area contributed by atoms with E-state index >= 15 is 0 Å². The van der Waals surface area contributed by atoms with E-state index in [9.17, 15) is 26.3 Å². The maximum atomic E-state index is 13.1. The van der Waals surface area contributed by atoms with Crippen LogP contribution in [0, 0.1) is 0 Å². The minimum atomic E-state index is -4.80. The summed E-state index contributed by atoms with van der Waals surface area (Å²) in [6, 6.07) is 0.977. The number of alkyl halides is 6. The summed E-state index contributed by atoms with van der Waals surface area (Å²) in [5.74, 6) is -1.27. The van der Waals surface area contributed by atoms with E-state index in [0.29, 0.717) is 12.1 Å². The van der Waals surface area contributed by atoms with Crippen LogP contribution in [-0.4, -0.2) is 30.0 Å². The molecule has 0 saturated carbocycles. The first-order chi connectivity index (χ1) is 10.4. The molecule has 10 heteroatoms. The highest BCUT2D eigenvalue weighted by Crippen LogP contribution is 2.40. The molecule has 0 radical (unpaired) electrons. The number of benzene rings is 1. The topological polar surface area (TPSA) is 15.6 Å². The van der Waals surface area contributed by atoms with Gasteiger partial charge in [0.05, 0.1) is 15.6 Å². The van der Waals surface area contributed by atoms with Crippen molar-refractivity contribution in [3.63, 3.8) is 0 Å². The summed E-state index contributed by atoms with van der Waals surface area (Å²) in [4.78, 5) is 4.29. The molecule has 0 spiro atoms. The quantitative estimate of drug-likeness (QED) is 0.359. The van der Waals surface area contributed by atoms with E-state index in [4.69, 9.17) is 23.2 Å². The number of rotatable bonds is 3. The van der Waals surface area contributed by atoms with Crippen LogP contribution in [0.3, 0.4) is 0 Å².